The molecule has 9 heteroatoms. The van der Waals surface area contributed by atoms with Gasteiger partial charge in [0.05, 0.1) is 46.8 Å². The van der Waals surface area contributed by atoms with E-state index in [-0.39, 0.29) is 67.7 Å². The zero-order chi connectivity index (χ0) is 34.9. The van der Waals surface area contributed by atoms with Crippen molar-refractivity contribution in [3.05, 3.63) is 0 Å². The van der Waals surface area contributed by atoms with Crippen molar-refractivity contribution in [3.63, 3.8) is 0 Å². The highest BCUT2D eigenvalue weighted by atomic mass is 79.9. The predicted molar refractivity (Wildman–Crippen MR) is 194 cm³/mol. The largest absolute Gasteiger partial charge is 1.00 e. The Balaban J connectivity index is 0. The number of carbonyl (C=O) groups excluding carboxylic acids is 3. The molecule has 0 aliphatic heterocycles. The molecule has 48 heavy (non-hydrogen) atoms. The molecule has 0 radical (unpaired) electrons. The number of esters is 2. The Labute approximate surface area is 306 Å². The fourth-order valence-electron chi connectivity index (χ4n) is 5.85. The molecule has 0 heterocycles. The van der Waals surface area contributed by atoms with Crippen LogP contribution in [0.1, 0.15) is 174 Å². The van der Waals surface area contributed by atoms with Gasteiger partial charge in [0.2, 0.25) is 5.91 Å². The van der Waals surface area contributed by atoms with E-state index >= 15 is 0 Å². The number of hydrogen-bond donors (Lipinski definition) is 1. The average molecular weight is 750 g/mol. The Morgan fingerprint density at radius 1 is 0.521 bits per heavy atom. The number of unbranched alkanes of at least 4 members (excludes halogenated alkanes) is 20. The maximum absolute atomic E-state index is 13.1. The molecule has 0 rings (SSSR count). The summed E-state index contributed by atoms with van der Waals surface area (Å²) < 4.78 is 11.5. The second-order valence-corrected chi connectivity index (χ2v) is 14.2. The number of halogens is 1. The first-order chi connectivity index (χ1) is 22.8. The van der Waals surface area contributed by atoms with Crippen LogP contribution in [-0.4, -0.2) is 92.4 Å². The van der Waals surface area contributed by atoms with Crippen LogP contribution in [0.2, 0.25) is 0 Å². The minimum Gasteiger partial charge on any atom is -1.00 e. The molecule has 8 nitrogen and oxygen atoms in total. The summed E-state index contributed by atoms with van der Waals surface area (Å²) in [4.78, 5) is 39.4. The second kappa shape index (κ2) is 35.6. The number of ether oxygens (including phenoxy) is 2. The number of aliphatic hydroxyl groups excluding tert-OH is 1. The van der Waals surface area contributed by atoms with Crippen LogP contribution in [0.5, 0.6) is 0 Å². The zero-order valence-corrected chi connectivity index (χ0v) is 33.5. The van der Waals surface area contributed by atoms with E-state index in [1.807, 2.05) is 14.1 Å². The van der Waals surface area contributed by atoms with Gasteiger partial charge >= 0.3 is 11.9 Å². The first-order valence-electron chi connectivity index (χ1n) is 19.8. The molecule has 0 unspecified atom stereocenters. The number of likely N-dealkylation sites (N-methyl/N-ethyl adjacent to an activating group) is 1. The third kappa shape index (κ3) is 33.3. The fourth-order valence-corrected chi connectivity index (χ4v) is 5.85. The van der Waals surface area contributed by atoms with Gasteiger partial charge in [-0.25, -0.2) is 0 Å². The Hall–Kier alpha value is -1.19. The summed E-state index contributed by atoms with van der Waals surface area (Å²) in [5, 5.41) is 9.32. The molecule has 0 aliphatic rings. The smallest absolute Gasteiger partial charge is 0.305 e. The van der Waals surface area contributed by atoms with Crippen molar-refractivity contribution >= 4 is 17.8 Å². The molecular weight excluding hydrogens is 672 g/mol. The third-order valence-electron chi connectivity index (χ3n) is 9.21. The van der Waals surface area contributed by atoms with Crippen LogP contribution in [-0.2, 0) is 23.9 Å². The summed E-state index contributed by atoms with van der Waals surface area (Å²) in [6, 6.07) is 0. The number of nitrogens with zero attached hydrogens (tertiary/aromatic N) is 2. The lowest BCUT2D eigenvalue weighted by Gasteiger charge is -2.30. The van der Waals surface area contributed by atoms with Gasteiger partial charge in [-0.05, 0) is 12.8 Å². The first-order valence-corrected chi connectivity index (χ1v) is 19.8. The topological polar surface area (TPSA) is 93.1 Å². The van der Waals surface area contributed by atoms with E-state index in [9.17, 15) is 19.5 Å². The minimum atomic E-state index is -0.215. The van der Waals surface area contributed by atoms with Crippen LogP contribution in [0.25, 0.3) is 0 Å². The van der Waals surface area contributed by atoms with Gasteiger partial charge in [0.25, 0.3) is 0 Å². The standard InChI is InChI=1S/C39H77N2O6.BrH/c1-5-7-9-11-13-15-17-19-21-23-25-27-38(44)46-35-30-40(37(43)29-32-41(3,4)33-34-42)31-36-47-39(45)28-26-24-22-20-18-16-14-12-10-8-6-2;/h42H,5-36H2,1-4H3;1H/q+1;/p-1. The summed E-state index contributed by atoms with van der Waals surface area (Å²) in [6.45, 7) is 6.57. The molecule has 0 aliphatic carbocycles. The maximum Gasteiger partial charge on any atom is 0.305 e. The normalized spacial score (nSPS) is 11.3. The summed E-state index contributed by atoms with van der Waals surface area (Å²) in [5.41, 5.74) is 0. The Kier molecular flexibility index (Phi) is 36.3. The van der Waals surface area contributed by atoms with Gasteiger partial charge in [0, 0.05) is 12.8 Å². The molecule has 0 spiro atoms. The van der Waals surface area contributed by atoms with Crippen molar-refractivity contribution in [2.45, 2.75) is 174 Å². The van der Waals surface area contributed by atoms with E-state index in [1.165, 1.54) is 103 Å². The van der Waals surface area contributed by atoms with Crippen LogP contribution in [0.15, 0.2) is 0 Å². The predicted octanol–water partition coefficient (Wildman–Crippen LogP) is 5.77. The number of quaternary nitrogens is 1. The summed E-state index contributed by atoms with van der Waals surface area (Å²) in [5.74, 6) is -0.489. The van der Waals surface area contributed by atoms with E-state index in [0.717, 1.165) is 38.5 Å². The lowest BCUT2D eigenvalue weighted by atomic mass is 10.1. The summed E-state index contributed by atoms with van der Waals surface area (Å²) >= 11 is 0. The van der Waals surface area contributed by atoms with Crippen LogP contribution in [0.3, 0.4) is 0 Å². The first kappa shape index (κ1) is 48.9. The molecular formula is C39H77BrN2O6. The van der Waals surface area contributed by atoms with Gasteiger partial charge in [0.15, 0.2) is 0 Å². The highest BCUT2D eigenvalue weighted by molar-refractivity contribution is 5.76. The third-order valence-corrected chi connectivity index (χ3v) is 9.21. The van der Waals surface area contributed by atoms with Gasteiger partial charge in [-0.15, -0.1) is 0 Å². The van der Waals surface area contributed by atoms with Crippen LogP contribution >= 0.6 is 0 Å². The van der Waals surface area contributed by atoms with Gasteiger partial charge in [-0.1, -0.05) is 142 Å². The molecule has 286 valence electrons. The second-order valence-electron chi connectivity index (χ2n) is 14.2. The van der Waals surface area contributed by atoms with Crippen molar-refractivity contribution < 1.29 is 50.4 Å². The molecule has 0 aromatic carbocycles. The van der Waals surface area contributed by atoms with E-state index in [4.69, 9.17) is 9.47 Å². The molecule has 0 fully saturated rings. The highest BCUT2D eigenvalue weighted by Gasteiger charge is 2.21. The Morgan fingerprint density at radius 2 is 0.854 bits per heavy atom. The quantitative estimate of drug-likeness (QED) is 0.0503. The lowest BCUT2D eigenvalue weighted by Crippen LogP contribution is -3.00. The average Bonchev–Trinajstić information content (AvgIpc) is 3.04. The number of aliphatic hydroxyl groups is 1. The maximum atomic E-state index is 13.1. The number of rotatable bonds is 35. The van der Waals surface area contributed by atoms with Gasteiger partial charge in [-0.3, -0.25) is 14.4 Å². The molecule has 0 bridgehead atoms. The van der Waals surface area contributed by atoms with Gasteiger partial charge in [-0.2, -0.15) is 0 Å². The SMILES string of the molecule is CCCCCCCCCCCCCC(=O)OCCN(CCOC(=O)CCCCCCCCCCCCC)C(=O)CC[N+](C)(C)CCO.[Br-]. The molecule has 0 saturated heterocycles. The molecule has 1 N–H and O–H groups in total. The van der Waals surface area contributed by atoms with E-state index in [1.54, 1.807) is 4.90 Å². The molecule has 0 aromatic heterocycles. The monoisotopic (exact) mass is 748 g/mol. The highest BCUT2D eigenvalue weighted by Crippen LogP contribution is 2.14. The van der Waals surface area contributed by atoms with Gasteiger partial charge < -0.3 is 40.9 Å². The summed E-state index contributed by atoms with van der Waals surface area (Å²) in [7, 11) is 3.97. The summed E-state index contributed by atoms with van der Waals surface area (Å²) in [6.07, 6.45) is 28.3. The number of amides is 1. The van der Waals surface area contributed by atoms with Crippen LogP contribution in [0.4, 0.5) is 0 Å². The van der Waals surface area contributed by atoms with Crippen LogP contribution in [0, 0.1) is 0 Å². The van der Waals surface area contributed by atoms with Crippen molar-refractivity contribution in [2.75, 3.05) is 60.1 Å². The van der Waals surface area contributed by atoms with E-state index in [2.05, 4.69) is 13.8 Å². The van der Waals surface area contributed by atoms with Crippen molar-refractivity contribution in [1.29, 1.82) is 0 Å². The molecule has 1 amide bonds. The molecule has 0 saturated carbocycles. The van der Waals surface area contributed by atoms with Crippen LogP contribution < -0.4 is 17.0 Å². The van der Waals surface area contributed by atoms with E-state index in [0.29, 0.717) is 36.8 Å². The minimum absolute atomic E-state index is 0. The van der Waals surface area contributed by atoms with Crippen molar-refractivity contribution in [3.8, 4) is 0 Å². The molecule has 0 atom stereocenters. The zero-order valence-electron chi connectivity index (χ0n) is 31.9. The lowest BCUT2D eigenvalue weighted by molar-refractivity contribution is -0.890. The Bertz CT molecular complexity index is 708. The van der Waals surface area contributed by atoms with Crippen molar-refractivity contribution in [1.82, 2.24) is 4.90 Å². The molecule has 0 aromatic rings. The van der Waals surface area contributed by atoms with E-state index < -0.39 is 0 Å². The number of hydrogen-bond acceptors (Lipinski definition) is 6. The Morgan fingerprint density at radius 3 is 1.19 bits per heavy atom. The fraction of sp³-hybridized carbons (Fsp3) is 0.923. The van der Waals surface area contributed by atoms with Gasteiger partial charge in [0.1, 0.15) is 19.8 Å². The number of carbonyl (C=O) groups is 3. The van der Waals surface area contributed by atoms with Crippen molar-refractivity contribution in [2.24, 2.45) is 0 Å².